The molecule has 0 aliphatic heterocycles. The van der Waals surface area contributed by atoms with Crippen LogP contribution in [0.25, 0.3) is 0 Å². The van der Waals surface area contributed by atoms with E-state index in [0.29, 0.717) is 35.6 Å². The molecule has 0 N–H and O–H groups in total. The molecule has 1 rings (SSSR count). The van der Waals surface area contributed by atoms with Crippen LogP contribution in [0.4, 0.5) is 0 Å². The topological polar surface area (TPSA) is 68.6 Å². The van der Waals surface area contributed by atoms with Crippen LogP contribution in [-0.4, -0.2) is 46.8 Å². The highest BCUT2D eigenvalue weighted by Crippen LogP contribution is 2.25. The van der Waals surface area contributed by atoms with Crippen molar-refractivity contribution in [1.29, 1.82) is 0 Å². The lowest BCUT2D eigenvalue weighted by atomic mass is 10.00. The Balaban J connectivity index is 3.43. The highest BCUT2D eigenvalue weighted by molar-refractivity contribution is 6.06. The summed E-state index contributed by atoms with van der Waals surface area (Å²) in [4.78, 5) is 38.4. The third-order valence-electron chi connectivity index (χ3n) is 4.29. The predicted octanol–water partition coefficient (Wildman–Crippen LogP) is 2.52. The van der Waals surface area contributed by atoms with Crippen LogP contribution in [0.1, 0.15) is 52.9 Å². The van der Waals surface area contributed by atoms with Crippen molar-refractivity contribution in [2.75, 3.05) is 13.7 Å². The van der Waals surface area contributed by atoms with Gasteiger partial charge in [0.05, 0.1) is 13.2 Å². The molecule has 1 unspecified atom stereocenters. The monoisotopic (exact) mass is 334 g/mol. The van der Waals surface area contributed by atoms with Gasteiger partial charge in [-0.1, -0.05) is 6.08 Å². The van der Waals surface area contributed by atoms with Crippen LogP contribution < -0.4 is 0 Å². The predicted molar refractivity (Wildman–Crippen MR) is 92.3 cm³/mol. The van der Waals surface area contributed by atoms with Gasteiger partial charge in [0.2, 0.25) is 5.91 Å². The summed E-state index contributed by atoms with van der Waals surface area (Å²) in [6.45, 7) is 13.0. The number of esters is 1. The molecule has 132 valence electrons. The van der Waals surface area contributed by atoms with Gasteiger partial charge in [-0.3, -0.25) is 9.59 Å². The fourth-order valence-corrected chi connectivity index (χ4v) is 3.06. The van der Waals surface area contributed by atoms with Crippen LogP contribution in [-0.2, 0) is 16.1 Å². The van der Waals surface area contributed by atoms with E-state index >= 15 is 0 Å². The molecular weight excluding hydrogens is 308 g/mol. The number of ether oxygens (including phenoxy) is 1. The normalized spacial score (nSPS) is 11.8. The maximum atomic E-state index is 13.0. The maximum absolute atomic E-state index is 13.0. The first-order chi connectivity index (χ1) is 11.2. The second-order valence-corrected chi connectivity index (χ2v) is 5.67. The third-order valence-corrected chi connectivity index (χ3v) is 4.29. The highest BCUT2D eigenvalue weighted by Gasteiger charge is 2.31. The van der Waals surface area contributed by atoms with Gasteiger partial charge in [-0.2, -0.15) is 0 Å². The molecule has 0 aromatic carbocycles. The molecule has 1 amide bonds. The average Bonchev–Trinajstić information content (AvgIpc) is 2.80. The van der Waals surface area contributed by atoms with Crippen molar-refractivity contribution in [3.63, 3.8) is 0 Å². The first-order valence-corrected chi connectivity index (χ1v) is 7.93. The fraction of sp³-hybridized carbons (Fsp3) is 0.500. The van der Waals surface area contributed by atoms with Gasteiger partial charge in [-0.25, -0.2) is 4.79 Å². The van der Waals surface area contributed by atoms with Crippen molar-refractivity contribution in [3.8, 4) is 0 Å². The van der Waals surface area contributed by atoms with E-state index in [1.807, 2.05) is 6.92 Å². The number of ketones is 1. The van der Waals surface area contributed by atoms with Crippen molar-refractivity contribution < 1.29 is 19.1 Å². The molecule has 6 nitrogen and oxygen atoms in total. The summed E-state index contributed by atoms with van der Waals surface area (Å²) in [5.41, 5.74) is 2.14. The van der Waals surface area contributed by atoms with Crippen LogP contribution in [0, 0.1) is 13.8 Å². The molecule has 0 radical (unpaired) electrons. The molecule has 24 heavy (non-hydrogen) atoms. The molecule has 0 aliphatic rings. The van der Waals surface area contributed by atoms with Crippen molar-refractivity contribution in [3.05, 3.63) is 35.2 Å². The zero-order valence-corrected chi connectivity index (χ0v) is 15.3. The van der Waals surface area contributed by atoms with E-state index in [0.717, 1.165) is 0 Å². The Kier molecular flexibility index (Phi) is 6.51. The first-order valence-electron chi connectivity index (χ1n) is 7.93. The fourth-order valence-electron chi connectivity index (χ4n) is 3.06. The first kappa shape index (κ1) is 19.7. The van der Waals surface area contributed by atoms with Gasteiger partial charge in [0.1, 0.15) is 5.69 Å². The van der Waals surface area contributed by atoms with E-state index in [1.165, 1.54) is 18.9 Å². The van der Waals surface area contributed by atoms with Crippen LogP contribution in [0.5, 0.6) is 0 Å². The largest absolute Gasteiger partial charge is 0.464 e. The molecule has 0 saturated carbocycles. The Morgan fingerprint density at radius 2 is 1.92 bits per heavy atom. The summed E-state index contributed by atoms with van der Waals surface area (Å²) in [7, 11) is 1.32. The van der Waals surface area contributed by atoms with Crippen molar-refractivity contribution in [2.45, 2.75) is 47.2 Å². The van der Waals surface area contributed by atoms with Crippen molar-refractivity contribution in [1.82, 2.24) is 9.47 Å². The summed E-state index contributed by atoms with van der Waals surface area (Å²) in [6, 6.07) is -0.642. The Bertz CT molecular complexity index is 673. The number of aromatic nitrogens is 1. The van der Waals surface area contributed by atoms with E-state index in [1.54, 1.807) is 31.4 Å². The van der Waals surface area contributed by atoms with Gasteiger partial charge in [0.15, 0.2) is 5.78 Å². The molecule has 1 aromatic rings. The number of carbonyl (C=O) groups is 3. The number of hydrogen-bond donors (Lipinski definition) is 0. The smallest absolute Gasteiger partial charge is 0.354 e. The summed E-state index contributed by atoms with van der Waals surface area (Å²) in [5, 5.41) is 0. The quantitative estimate of drug-likeness (QED) is 0.436. The molecule has 0 fully saturated rings. The Morgan fingerprint density at radius 3 is 2.33 bits per heavy atom. The number of Topliss-reactive ketones (excluding diaryl/α,β-unsaturated/α-hetero) is 1. The van der Waals surface area contributed by atoms with E-state index in [9.17, 15) is 14.4 Å². The minimum Gasteiger partial charge on any atom is -0.464 e. The van der Waals surface area contributed by atoms with Gasteiger partial charge in [-0.05, 0) is 33.3 Å². The zero-order valence-electron chi connectivity index (χ0n) is 15.3. The van der Waals surface area contributed by atoms with Gasteiger partial charge in [-0.15, -0.1) is 6.58 Å². The lowest BCUT2D eigenvalue weighted by molar-refractivity contribution is -0.129. The Labute approximate surface area is 143 Å². The minimum absolute atomic E-state index is 0.195. The van der Waals surface area contributed by atoms with E-state index in [2.05, 4.69) is 6.58 Å². The standard InChI is InChI=1S/C18H26N2O4/c1-8-10-20(14(6)21)13(5)17(22)15-11(3)16(18(23)24-7)19(9-2)12(15)4/h8,13H,1,9-10H2,2-7H3. The summed E-state index contributed by atoms with van der Waals surface area (Å²) >= 11 is 0. The van der Waals surface area contributed by atoms with Crippen LogP contribution in [0.3, 0.4) is 0 Å². The number of methoxy groups -OCH3 is 1. The Hall–Kier alpha value is -2.37. The number of hydrogen-bond acceptors (Lipinski definition) is 4. The summed E-state index contributed by atoms with van der Waals surface area (Å²) < 4.78 is 6.61. The van der Waals surface area contributed by atoms with Crippen molar-refractivity contribution >= 4 is 17.7 Å². The number of nitrogens with zero attached hydrogens (tertiary/aromatic N) is 2. The third kappa shape index (κ3) is 3.42. The number of carbonyl (C=O) groups excluding carboxylic acids is 3. The van der Waals surface area contributed by atoms with Crippen LogP contribution in [0.15, 0.2) is 12.7 Å². The lowest BCUT2D eigenvalue weighted by Crippen LogP contribution is -2.42. The average molecular weight is 334 g/mol. The minimum atomic E-state index is -0.642. The number of rotatable bonds is 7. The maximum Gasteiger partial charge on any atom is 0.354 e. The van der Waals surface area contributed by atoms with Crippen molar-refractivity contribution in [2.24, 2.45) is 0 Å². The Morgan fingerprint density at radius 1 is 1.33 bits per heavy atom. The summed E-state index contributed by atoms with van der Waals surface area (Å²) in [6.07, 6.45) is 1.59. The second kappa shape index (κ2) is 7.95. The van der Waals surface area contributed by atoms with Gasteiger partial charge < -0.3 is 14.2 Å². The van der Waals surface area contributed by atoms with E-state index in [-0.39, 0.29) is 11.7 Å². The van der Waals surface area contributed by atoms with E-state index < -0.39 is 12.0 Å². The molecule has 1 aromatic heterocycles. The van der Waals surface area contributed by atoms with Crippen LogP contribution >= 0.6 is 0 Å². The molecule has 0 bridgehead atoms. The number of amides is 1. The van der Waals surface area contributed by atoms with Gasteiger partial charge >= 0.3 is 5.97 Å². The van der Waals surface area contributed by atoms with Gasteiger partial charge in [0.25, 0.3) is 0 Å². The SMILES string of the molecule is C=CCN(C(C)=O)C(C)C(=O)c1c(C)c(C(=O)OC)n(CC)c1C. The second-order valence-electron chi connectivity index (χ2n) is 5.67. The molecular formula is C18H26N2O4. The van der Waals surface area contributed by atoms with E-state index in [4.69, 9.17) is 4.74 Å². The van der Waals surface area contributed by atoms with Gasteiger partial charge in [0, 0.05) is 31.3 Å². The summed E-state index contributed by atoms with van der Waals surface area (Å²) in [5.74, 6) is -0.868. The molecule has 0 aliphatic carbocycles. The molecule has 0 spiro atoms. The molecule has 0 saturated heterocycles. The zero-order chi connectivity index (χ0) is 18.6. The molecule has 1 atom stereocenters. The van der Waals surface area contributed by atoms with Crippen LogP contribution in [0.2, 0.25) is 0 Å². The molecule has 1 heterocycles. The molecule has 6 heteroatoms. The lowest BCUT2D eigenvalue weighted by Gasteiger charge is -2.26. The highest BCUT2D eigenvalue weighted by atomic mass is 16.5.